The van der Waals surface area contributed by atoms with Gasteiger partial charge >= 0.3 is 0 Å². The molecule has 0 amide bonds. The number of nitrogens with two attached hydrogens (primary N) is 1. The van der Waals surface area contributed by atoms with E-state index < -0.39 is 0 Å². The van der Waals surface area contributed by atoms with Crippen molar-refractivity contribution in [2.45, 2.75) is 65.3 Å². The summed E-state index contributed by atoms with van der Waals surface area (Å²) in [7, 11) is 0. The molecule has 0 aromatic heterocycles. The first kappa shape index (κ1) is 20.0. The van der Waals surface area contributed by atoms with Crippen LogP contribution in [-0.2, 0) is 6.54 Å². The lowest BCUT2D eigenvalue weighted by atomic mass is 10.1. The minimum atomic E-state index is 0.683. The largest absolute Gasteiger partial charge is 0.494 e. The second-order valence-electron chi connectivity index (χ2n) is 6.33. The highest BCUT2D eigenvalue weighted by Gasteiger charge is 2.06. The van der Waals surface area contributed by atoms with Gasteiger partial charge in [-0.1, -0.05) is 51.7 Å². The van der Waals surface area contributed by atoms with Gasteiger partial charge in [0.2, 0.25) is 0 Å². The van der Waals surface area contributed by atoms with Crippen LogP contribution >= 0.6 is 0 Å². The molecule has 132 valence electrons. The first-order valence-electron chi connectivity index (χ1n) is 9.44. The summed E-state index contributed by atoms with van der Waals surface area (Å²) in [5.41, 5.74) is 6.87. The van der Waals surface area contributed by atoms with E-state index in [0.717, 1.165) is 18.7 Å². The van der Waals surface area contributed by atoms with Crippen molar-refractivity contribution in [1.82, 2.24) is 4.90 Å². The maximum absolute atomic E-state index is 5.77. The van der Waals surface area contributed by atoms with Crippen molar-refractivity contribution in [3.63, 3.8) is 0 Å². The maximum Gasteiger partial charge on any atom is 0.119 e. The number of nitrogens with zero attached hydrogens (tertiary/aromatic N) is 1. The molecule has 0 heterocycles. The highest BCUT2D eigenvalue weighted by molar-refractivity contribution is 5.28. The fourth-order valence-corrected chi connectivity index (χ4v) is 2.71. The van der Waals surface area contributed by atoms with Crippen LogP contribution in [0.3, 0.4) is 0 Å². The van der Waals surface area contributed by atoms with E-state index in [0.29, 0.717) is 13.2 Å². The molecule has 0 saturated carbocycles. The molecule has 0 fully saturated rings. The minimum Gasteiger partial charge on any atom is -0.494 e. The van der Waals surface area contributed by atoms with Crippen molar-refractivity contribution in [1.29, 1.82) is 0 Å². The molecule has 0 unspecified atom stereocenters. The van der Waals surface area contributed by atoms with E-state index in [9.17, 15) is 0 Å². The predicted molar refractivity (Wildman–Crippen MR) is 99.9 cm³/mol. The van der Waals surface area contributed by atoms with Crippen LogP contribution in [0.2, 0.25) is 0 Å². The van der Waals surface area contributed by atoms with Gasteiger partial charge in [-0.15, -0.1) is 0 Å². The SMILES string of the molecule is CCCCCN(CCCCC)Cc1cccc(OCCCN)c1. The Morgan fingerprint density at radius 1 is 0.957 bits per heavy atom. The molecule has 0 atom stereocenters. The van der Waals surface area contributed by atoms with Crippen LogP contribution in [0, 0.1) is 0 Å². The number of ether oxygens (including phenoxy) is 1. The predicted octanol–water partition coefficient (Wildman–Crippen LogP) is 4.60. The molecular weight excluding hydrogens is 284 g/mol. The van der Waals surface area contributed by atoms with Crippen molar-refractivity contribution >= 4 is 0 Å². The summed E-state index contributed by atoms with van der Waals surface area (Å²) >= 11 is 0. The summed E-state index contributed by atoms with van der Waals surface area (Å²) in [5, 5.41) is 0. The van der Waals surface area contributed by atoms with E-state index in [1.807, 2.05) is 6.07 Å². The summed E-state index contributed by atoms with van der Waals surface area (Å²) in [6.07, 6.45) is 8.73. The van der Waals surface area contributed by atoms with Crippen LogP contribution < -0.4 is 10.5 Å². The average Bonchev–Trinajstić information content (AvgIpc) is 2.56. The molecule has 2 N–H and O–H groups in total. The Morgan fingerprint density at radius 2 is 1.65 bits per heavy atom. The van der Waals surface area contributed by atoms with Gasteiger partial charge in [-0.3, -0.25) is 4.90 Å². The van der Waals surface area contributed by atoms with Gasteiger partial charge in [0.1, 0.15) is 5.75 Å². The standard InChI is InChI=1S/C20H36N2O/c1-3-5-7-14-22(15-8-6-4-2)18-19-11-9-12-20(17-19)23-16-10-13-21/h9,11-12,17H,3-8,10,13-16,18,21H2,1-2H3. The zero-order chi connectivity index (χ0) is 16.8. The lowest BCUT2D eigenvalue weighted by molar-refractivity contribution is 0.253. The summed E-state index contributed by atoms with van der Waals surface area (Å²) in [6, 6.07) is 8.54. The van der Waals surface area contributed by atoms with Crippen LogP contribution in [0.15, 0.2) is 24.3 Å². The van der Waals surface area contributed by atoms with E-state index in [4.69, 9.17) is 10.5 Å². The Hall–Kier alpha value is -1.06. The number of unbranched alkanes of at least 4 members (excludes halogenated alkanes) is 4. The smallest absolute Gasteiger partial charge is 0.119 e. The fourth-order valence-electron chi connectivity index (χ4n) is 2.71. The summed E-state index contributed by atoms with van der Waals surface area (Å²) in [6.45, 7) is 9.36. The Balaban J connectivity index is 2.52. The van der Waals surface area contributed by atoms with Crippen molar-refractivity contribution in [2.24, 2.45) is 5.73 Å². The van der Waals surface area contributed by atoms with E-state index in [1.54, 1.807) is 0 Å². The average molecular weight is 321 g/mol. The van der Waals surface area contributed by atoms with Crippen LogP contribution in [0.4, 0.5) is 0 Å². The molecule has 0 aliphatic carbocycles. The van der Waals surface area contributed by atoms with Crippen LogP contribution in [0.1, 0.15) is 64.4 Å². The topological polar surface area (TPSA) is 38.5 Å². The lowest BCUT2D eigenvalue weighted by Crippen LogP contribution is -2.25. The number of hydrogen-bond donors (Lipinski definition) is 1. The molecule has 1 rings (SSSR count). The van der Waals surface area contributed by atoms with E-state index >= 15 is 0 Å². The number of rotatable bonds is 14. The van der Waals surface area contributed by atoms with Gasteiger partial charge in [0.25, 0.3) is 0 Å². The second kappa shape index (κ2) is 13.4. The zero-order valence-electron chi connectivity index (χ0n) is 15.2. The first-order chi connectivity index (χ1) is 11.3. The molecule has 0 saturated heterocycles. The second-order valence-corrected chi connectivity index (χ2v) is 6.33. The van der Waals surface area contributed by atoms with E-state index in [2.05, 4.69) is 36.9 Å². The molecule has 0 spiro atoms. The van der Waals surface area contributed by atoms with Gasteiger partial charge in [0.15, 0.2) is 0 Å². The normalized spacial score (nSPS) is 11.1. The van der Waals surface area contributed by atoms with Gasteiger partial charge in [-0.05, 0) is 56.6 Å². The lowest BCUT2D eigenvalue weighted by Gasteiger charge is -2.22. The molecule has 0 aliphatic rings. The quantitative estimate of drug-likeness (QED) is 0.509. The number of hydrogen-bond acceptors (Lipinski definition) is 3. The van der Waals surface area contributed by atoms with Gasteiger partial charge < -0.3 is 10.5 Å². The molecule has 23 heavy (non-hydrogen) atoms. The van der Waals surface area contributed by atoms with Gasteiger partial charge in [0, 0.05) is 6.54 Å². The van der Waals surface area contributed by atoms with Crippen molar-refractivity contribution < 1.29 is 4.74 Å². The molecule has 3 nitrogen and oxygen atoms in total. The highest BCUT2D eigenvalue weighted by Crippen LogP contribution is 2.16. The Bertz CT molecular complexity index is 385. The van der Waals surface area contributed by atoms with Crippen LogP contribution in [0.25, 0.3) is 0 Å². The monoisotopic (exact) mass is 320 g/mol. The fraction of sp³-hybridized carbons (Fsp3) is 0.700. The molecule has 0 bridgehead atoms. The van der Waals surface area contributed by atoms with Gasteiger partial charge in [-0.25, -0.2) is 0 Å². The van der Waals surface area contributed by atoms with Crippen LogP contribution in [-0.4, -0.2) is 31.1 Å². The van der Waals surface area contributed by atoms with Crippen LogP contribution in [0.5, 0.6) is 5.75 Å². The van der Waals surface area contributed by atoms with E-state index in [-0.39, 0.29) is 0 Å². The van der Waals surface area contributed by atoms with E-state index in [1.165, 1.54) is 57.2 Å². The zero-order valence-corrected chi connectivity index (χ0v) is 15.2. The third-order valence-corrected chi connectivity index (χ3v) is 4.08. The molecule has 1 aromatic rings. The third kappa shape index (κ3) is 9.62. The van der Waals surface area contributed by atoms with Crippen molar-refractivity contribution in [3.8, 4) is 5.75 Å². The third-order valence-electron chi connectivity index (χ3n) is 4.08. The molecule has 1 aromatic carbocycles. The Labute approximate surface area is 143 Å². The molecule has 0 radical (unpaired) electrons. The maximum atomic E-state index is 5.77. The minimum absolute atomic E-state index is 0.683. The summed E-state index contributed by atoms with van der Waals surface area (Å²) in [4.78, 5) is 2.60. The summed E-state index contributed by atoms with van der Waals surface area (Å²) in [5.74, 6) is 0.970. The first-order valence-corrected chi connectivity index (χ1v) is 9.44. The Kier molecular flexibility index (Phi) is 11.6. The van der Waals surface area contributed by atoms with Gasteiger partial charge in [0.05, 0.1) is 6.61 Å². The molecule has 0 aliphatic heterocycles. The highest BCUT2D eigenvalue weighted by atomic mass is 16.5. The van der Waals surface area contributed by atoms with Gasteiger partial charge in [-0.2, -0.15) is 0 Å². The molecule has 3 heteroatoms. The van der Waals surface area contributed by atoms with Crippen molar-refractivity contribution in [3.05, 3.63) is 29.8 Å². The van der Waals surface area contributed by atoms with Crippen molar-refractivity contribution in [2.75, 3.05) is 26.2 Å². The summed E-state index contributed by atoms with van der Waals surface area (Å²) < 4.78 is 5.77. The molecular formula is C20H36N2O. The Morgan fingerprint density at radius 3 is 2.26 bits per heavy atom. The number of benzene rings is 1.